The summed E-state index contributed by atoms with van der Waals surface area (Å²) >= 11 is 0. The van der Waals surface area contributed by atoms with Crippen molar-refractivity contribution >= 4 is 44.2 Å². The summed E-state index contributed by atoms with van der Waals surface area (Å²) in [7, 11) is -4.54. The molecular weight excluding hydrogens is 442 g/mol. The van der Waals surface area contributed by atoms with Gasteiger partial charge in [0.1, 0.15) is 22.0 Å². The van der Waals surface area contributed by atoms with Crippen molar-refractivity contribution in [2.45, 2.75) is 4.90 Å². The third-order valence-corrected chi connectivity index (χ3v) is 5.66. The van der Waals surface area contributed by atoms with E-state index in [1.165, 1.54) is 18.5 Å². The minimum Gasteiger partial charge on any atom is -0.308 e. The fourth-order valence-electron chi connectivity index (χ4n) is 3.28. The highest BCUT2D eigenvalue weighted by molar-refractivity contribution is 7.86. The van der Waals surface area contributed by atoms with Gasteiger partial charge in [0, 0.05) is 22.6 Å². The predicted molar refractivity (Wildman–Crippen MR) is 124 cm³/mol. The Balaban J connectivity index is 1.76. The molecule has 4 rings (SSSR count). The highest BCUT2D eigenvalue weighted by atomic mass is 32.2. The minimum atomic E-state index is -4.54. The molecule has 0 spiro atoms. The minimum absolute atomic E-state index is 0.0540. The third kappa shape index (κ3) is 4.63. The fourth-order valence-corrected chi connectivity index (χ4v) is 4.00. The molecule has 0 atom stereocenters. The number of fused-ring (bicyclic) bond motifs is 1. The monoisotopic (exact) mass is 459 g/mol. The zero-order valence-corrected chi connectivity index (χ0v) is 17.8. The number of pyridine rings is 1. The van der Waals surface area contributed by atoms with Gasteiger partial charge in [-0.15, -0.1) is 15.3 Å². The molecule has 0 aliphatic heterocycles. The molecule has 0 aliphatic carbocycles. The lowest BCUT2D eigenvalue weighted by Crippen LogP contribution is -1.99. The quantitative estimate of drug-likeness (QED) is 0.113. The second kappa shape index (κ2) is 9.02. The molecule has 0 saturated heterocycles. The topological polar surface area (TPSA) is 167 Å². The summed E-state index contributed by atoms with van der Waals surface area (Å²) in [5.41, 5.74) is 2.95. The lowest BCUT2D eigenvalue weighted by atomic mass is 10.1. The van der Waals surface area contributed by atoms with Crippen molar-refractivity contribution in [3.63, 3.8) is 0 Å². The number of nitrogens with zero attached hydrogens (tertiary/aromatic N) is 5. The molecule has 0 fully saturated rings. The molecule has 3 aromatic carbocycles. The van der Waals surface area contributed by atoms with Crippen molar-refractivity contribution in [3.8, 4) is 11.3 Å². The zero-order chi connectivity index (χ0) is 23.4. The van der Waals surface area contributed by atoms with Gasteiger partial charge in [0.2, 0.25) is 0 Å². The lowest BCUT2D eigenvalue weighted by Gasteiger charge is -2.08. The Morgan fingerprint density at radius 2 is 1.73 bits per heavy atom. The van der Waals surface area contributed by atoms with E-state index in [4.69, 9.17) is 11.3 Å². The van der Waals surface area contributed by atoms with Crippen LogP contribution in [0.4, 0.5) is 17.1 Å². The second-order valence-electron chi connectivity index (χ2n) is 6.85. The Morgan fingerprint density at radius 1 is 0.939 bits per heavy atom. The van der Waals surface area contributed by atoms with Crippen LogP contribution in [0, 0.1) is 5.41 Å². The molecule has 0 radical (unpaired) electrons. The van der Waals surface area contributed by atoms with Gasteiger partial charge in [0.15, 0.2) is 0 Å². The Morgan fingerprint density at radius 3 is 2.39 bits per heavy atom. The van der Waals surface area contributed by atoms with Crippen molar-refractivity contribution in [2.75, 3.05) is 0 Å². The average Bonchev–Trinajstić information content (AvgIpc) is 2.83. The van der Waals surface area contributed by atoms with Gasteiger partial charge in [-0.2, -0.15) is 8.42 Å². The summed E-state index contributed by atoms with van der Waals surface area (Å²) in [6.45, 7) is 0. The first-order chi connectivity index (χ1) is 15.9. The van der Waals surface area contributed by atoms with Crippen LogP contribution in [-0.2, 0) is 10.1 Å². The van der Waals surface area contributed by atoms with Gasteiger partial charge in [-0.3, -0.25) is 9.54 Å². The van der Waals surface area contributed by atoms with Crippen LogP contribution < -0.4 is 5.84 Å². The van der Waals surface area contributed by atoms with Gasteiger partial charge in [0.05, 0.1) is 11.9 Å². The molecule has 10 nitrogen and oxygen atoms in total. The number of nitrogens with one attached hydrogen (secondary N) is 1. The van der Waals surface area contributed by atoms with E-state index in [0.29, 0.717) is 16.8 Å². The maximum atomic E-state index is 11.9. The number of rotatable bonds is 6. The summed E-state index contributed by atoms with van der Waals surface area (Å²) in [4.78, 5) is 4.04. The van der Waals surface area contributed by atoms with Crippen LogP contribution in [-0.4, -0.2) is 24.2 Å². The molecule has 4 aromatic rings. The number of hydrogen-bond donors (Lipinski definition) is 3. The van der Waals surface area contributed by atoms with Gasteiger partial charge in [0.25, 0.3) is 10.1 Å². The fraction of sp³-hybridized carbons (Fsp3) is 0. The Hall–Kier alpha value is -4.35. The smallest absolute Gasteiger partial charge is 0.295 e. The zero-order valence-electron chi connectivity index (χ0n) is 17.0. The number of nitrogens with two attached hydrogens (primary N) is 1. The van der Waals surface area contributed by atoms with E-state index in [1.807, 2.05) is 24.3 Å². The van der Waals surface area contributed by atoms with E-state index in [9.17, 15) is 13.0 Å². The first-order valence-electron chi connectivity index (χ1n) is 9.53. The van der Waals surface area contributed by atoms with E-state index in [1.54, 1.807) is 30.3 Å². The molecule has 1 aromatic heterocycles. The number of azo groups is 1. The first kappa shape index (κ1) is 21.9. The standard InChI is InChI=1S/C22H17N7O3S/c23-12-14-4-3-5-15(10-14)19-9-8-16(13-25-19)26-27-20-11-21(33(30,31)32)17-6-1-2-7-18(17)22(20)28-29-24/h1-13,23H,(H2,24,28)(H,30,31,32)/b23-12?,27-26+. The highest BCUT2D eigenvalue weighted by Crippen LogP contribution is 2.40. The normalized spacial score (nSPS) is 12.0. The van der Waals surface area contributed by atoms with Crippen molar-refractivity contribution in [1.82, 2.24) is 4.98 Å². The van der Waals surface area contributed by atoms with Crippen molar-refractivity contribution in [3.05, 3.63) is 78.5 Å². The van der Waals surface area contributed by atoms with Crippen LogP contribution in [0.5, 0.6) is 0 Å². The Bertz CT molecular complexity index is 1520. The third-order valence-electron chi connectivity index (χ3n) is 4.76. The van der Waals surface area contributed by atoms with Crippen molar-refractivity contribution in [1.29, 1.82) is 5.41 Å². The van der Waals surface area contributed by atoms with Gasteiger partial charge in [-0.25, -0.2) is 0 Å². The number of benzene rings is 3. The SMILES string of the molecule is N=Cc1cccc(-c2ccc(/N=N/c3cc(S(=O)(=O)O)c4ccccc4c3N=NN)cn2)c1. The van der Waals surface area contributed by atoms with E-state index in [-0.39, 0.29) is 21.7 Å². The molecule has 1 heterocycles. The van der Waals surface area contributed by atoms with Gasteiger partial charge in [-0.1, -0.05) is 47.7 Å². The first-order valence-corrected chi connectivity index (χ1v) is 11.0. The van der Waals surface area contributed by atoms with E-state index in [0.717, 1.165) is 17.2 Å². The molecule has 164 valence electrons. The van der Waals surface area contributed by atoms with E-state index >= 15 is 0 Å². The maximum absolute atomic E-state index is 11.9. The molecular formula is C22H17N7O3S. The lowest BCUT2D eigenvalue weighted by molar-refractivity contribution is 0.484. The van der Waals surface area contributed by atoms with Gasteiger partial charge < -0.3 is 11.3 Å². The van der Waals surface area contributed by atoms with Gasteiger partial charge in [-0.05, 0) is 29.8 Å². The van der Waals surface area contributed by atoms with Crippen LogP contribution in [0.2, 0.25) is 0 Å². The van der Waals surface area contributed by atoms with Crippen LogP contribution in [0.15, 0.2) is 98.4 Å². The van der Waals surface area contributed by atoms with Crippen LogP contribution in [0.3, 0.4) is 0 Å². The van der Waals surface area contributed by atoms with Crippen LogP contribution >= 0.6 is 0 Å². The molecule has 0 bridgehead atoms. The maximum Gasteiger partial charge on any atom is 0.295 e. The highest BCUT2D eigenvalue weighted by Gasteiger charge is 2.19. The summed E-state index contributed by atoms with van der Waals surface area (Å²) in [5, 5.41) is 23.4. The van der Waals surface area contributed by atoms with Crippen LogP contribution in [0.1, 0.15) is 5.56 Å². The van der Waals surface area contributed by atoms with E-state index < -0.39 is 10.1 Å². The molecule has 0 aliphatic rings. The van der Waals surface area contributed by atoms with Crippen LogP contribution in [0.25, 0.3) is 22.0 Å². The largest absolute Gasteiger partial charge is 0.308 e. The Labute approximate surface area is 188 Å². The summed E-state index contributed by atoms with van der Waals surface area (Å²) in [6, 6.07) is 18.4. The van der Waals surface area contributed by atoms with Crippen molar-refractivity contribution < 1.29 is 13.0 Å². The summed E-state index contributed by atoms with van der Waals surface area (Å²) < 4.78 is 33.6. The summed E-state index contributed by atoms with van der Waals surface area (Å²) in [5.74, 6) is 5.24. The Kier molecular flexibility index (Phi) is 5.98. The molecule has 0 unspecified atom stereocenters. The molecule has 0 amide bonds. The van der Waals surface area contributed by atoms with Gasteiger partial charge >= 0.3 is 0 Å². The predicted octanol–water partition coefficient (Wildman–Crippen LogP) is 5.52. The molecule has 0 saturated carbocycles. The van der Waals surface area contributed by atoms with E-state index in [2.05, 4.69) is 25.5 Å². The van der Waals surface area contributed by atoms with Crippen molar-refractivity contribution in [2.24, 2.45) is 26.4 Å². The second-order valence-corrected chi connectivity index (χ2v) is 8.24. The number of hydrogen-bond acceptors (Lipinski definition) is 8. The average molecular weight is 459 g/mol. The molecule has 4 N–H and O–H groups in total. The summed E-state index contributed by atoms with van der Waals surface area (Å²) in [6.07, 6.45) is 2.76. The number of aromatic nitrogens is 1. The molecule has 11 heteroatoms. The molecule has 33 heavy (non-hydrogen) atoms.